The molecule has 0 atom stereocenters. The van der Waals surface area contributed by atoms with E-state index in [0.717, 1.165) is 39.3 Å². The molecule has 14 heteroatoms. The third-order valence-corrected chi connectivity index (χ3v) is 2.59. The van der Waals surface area contributed by atoms with E-state index >= 15 is 0 Å². The average Bonchev–Trinajstić information content (AvgIpc) is 2.35. The van der Waals surface area contributed by atoms with Crippen LogP contribution in [0, 0.1) is 30.6 Å². The van der Waals surface area contributed by atoms with Crippen LogP contribution in [0.25, 0.3) is 0 Å². The van der Waals surface area contributed by atoms with E-state index in [-0.39, 0.29) is 22.3 Å². The van der Waals surface area contributed by atoms with Crippen molar-refractivity contribution in [1.82, 2.24) is 19.6 Å². The quantitative estimate of drug-likeness (QED) is 0.238. The first-order valence-electron chi connectivity index (χ1n) is 7.18. The zero-order chi connectivity index (χ0) is 19.7. The minimum atomic E-state index is -1.75. The molecule has 13 nitrogen and oxygen atoms in total. The predicted molar refractivity (Wildman–Crippen MR) is 97.7 cm³/mol. The van der Waals surface area contributed by atoms with Gasteiger partial charge in [0.05, 0.1) is 10.2 Å². The van der Waals surface area contributed by atoms with Crippen LogP contribution in [0.3, 0.4) is 0 Å². The summed E-state index contributed by atoms with van der Waals surface area (Å²) >= 11 is 0. The summed E-state index contributed by atoms with van der Waals surface area (Å²) in [6.07, 6.45) is 0. The molecule has 1 radical (unpaired) electrons. The molecule has 0 amide bonds. The third kappa shape index (κ3) is 56.9. The molecule has 0 aromatic carbocycles. The minimum absolute atomic E-state index is 0. The summed E-state index contributed by atoms with van der Waals surface area (Å²) in [7, 11) is 12.8. The molecule has 0 spiro atoms. The molecule has 0 aromatic heterocycles. The van der Waals surface area contributed by atoms with Crippen LogP contribution in [-0.2, 0) is 22.3 Å². The van der Waals surface area contributed by atoms with E-state index < -0.39 is 10.2 Å². The summed E-state index contributed by atoms with van der Waals surface area (Å²) in [5, 5.41) is 29.5. The van der Waals surface area contributed by atoms with Gasteiger partial charge in [0.15, 0.2) is 0 Å². The van der Waals surface area contributed by atoms with E-state index in [1.165, 1.54) is 0 Å². The standard InChI is InChI=1S/C12H30N4.Co.2NO3.H2O/c1-13(2)7-10-16(11-8-14(3)4)12-9-15(5)6;;2*2-1(3)4;/h7-12H2,1-6H3;;;;1H2/q;+2;2*-1;/p+1. The first-order valence-corrected chi connectivity index (χ1v) is 7.18. The van der Waals surface area contributed by atoms with Crippen LogP contribution < -0.4 is 0 Å². The molecule has 0 aromatic rings. The summed E-state index contributed by atoms with van der Waals surface area (Å²) in [5.41, 5.74) is 0. The van der Waals surface area contributed by atoms with Gasteiger partial charge < -0.3 is 50.8 Å². The van der Waals surface area contributed by atoms with Crippen LogP contribution in [0.1, 0.15) is 0 Å². The Morgan fingerprint density at radius 2 is 0.731 bits per heavy atom. The number of likely N-dealkylation sites (N-methyl/N-ethyl adjacent to an activating group) is 3. The fourth-order valence-electron chi connectivity index (χ4n) is 1.36. The molecule has 0 aliphatic rings. The van der Waals surface area contributed by atoms with Crippen molar-refractivity contribution in [3.05, 3.63) is 30.6 Å². The molecule has 3 N–H and O–H groups in total. The first-order chi connectivity index (χ1) is 10.9. The Balaban J connectivity index is -0.000000124. The minimum Gasteiger partial charge on any atom is -0.457 e. The fraction of sp³-hybridized carbons (Fsp3) is 1.00. The van der Waals surface area contributed by atoms with E-state index in [4.69, 9.17) is 30.6 Å². The maximum Gasteiger partial charge on any atom is 2.00 e. The summed E-state index contributed by atoms with van der Waals surface area (Å²) < 4.78 is 0. The number of hydrogen-bond acceptors (Lipinski definition) is 10. The van der Waals surface area contributed by atoms with Crippen LogP contribution in [0.15, 0.2) is 0 Å². The molecular formula is C12H33CoN6O7+. The van der Waals surface area contributed by atoms with E-state index in [2.05, 4.69) is 61.9 Å². The van der Waals surface area contributed by atoms with Crippen molar-refractivity contribution in [1.29, 1.82) is 0 Å². The monoisotopic (exact) mass is 432 g/mol. The van der Waals surface area contributed by atoms with Crippen molar-refractivity contribution in [3.8, 4) is 0 Å². The van der Waals surface area contributed by atoms with E-state index in [1.807, 2.05) is 0 Å². The van der Waals surface area contributed by atoms with Gasteiger partial charge in [0.2, 0.25) is 0 Å². The Bertz CT molecular complexity index is 276. The van der Waals surface area contributed by atoms with Gasteiger partial charge in [0, 0.05) is 39.3 Å². The SMILES string of the molecule is CN(C)CCN(CCN(C)C)CCN(C)C.O=[N+]([O-])[O-].O=[N+]([O-])[O-].[Co+2].[OH3+]. The summed E-state index contributed by atoms with van der Waals surface area (Å²) in [4.78, 5) is 25.8. The molecular weight excluding hydrogens is 399 g/mol. The van der Waals surface area contributed by atoms with Crippen molar-refractivity contribution < 1.29 is 32.4 Å². The van der Waals surface area contributed by atoms with Crippen molar-refractivity contribution in [3.63, 3.8) is 0 Å². The normalized spacial score (nSPS) is 9.46. The number of nitrogens with zero attached hydrogens (tertiary/aromatic N) is 6. The molecule has 0 saturated heterocycles. The first kappa shape index (κ1) is 35.8. The van der Waals surface area contributed by atoms with Crippen molar-refractivity contribution in [2.24, 2.45) is 0 Å². The third-order valence-electron chi connectivity index (χ3n) is 2.59. The fourth-order valence-corrected chi connectivity index (χ4v) is 1.36. The molecule has 0 heterocycles. The number of hydrogen-bond donors (Lipinski definition) is 0. The smallest absolute Gasteiger partial charge is 0.457 e. The Kier molecular flexibility index (Phi) is 32.6. The molecule has 0 rings (SSSR count). The van der Waals surface area contributed by atoms with Gasteiger partial charge in [-0.1, -0.05) is 0 Å². The van der Waals surface area contributed by atoms with Crippen molar-refractivity contribution in [2.45, 2.75) is 0 Å². The van der Waals surface area contributed by atoms with Gasteiger partial charge in [-0.2, -0.15) is 0 Å². The van der Waals surface area contributed by atoms with Crippen LogP contribution in [0.5, 0.6) is 0 Å². The van der Waals surface area contributed by atoms with Gasteiger partial charge in [-0.05, 0) is 42.3 Å². The Labute approximate surface area is 164 Å². The van der Waals surface area contributed by atoms with Gasteiger partial charge in [-0.15, -0.1) is 0 Å². The number of rotatable bonds is 9. The van der Waals surface area contributed by atoms with Crippen molar-refractivity contribution >= 4 is 0 Å². The van der Waals surface area contributed by atoms with E-state index in [1.54, 1.807) is 0 Å². The van der Waals surface area contributed by atoms with Crippen molar-refractivity contribution in [2.75, 3.05) is 81.6 Å². The predicted octanol–water partition coefficient (Wildman–Crippen LogP) is -1.43. The second kappa shape index (κ2) is 23.7. The van der Waals surface area contributed by atoms with E-state index in [0.29, 0.717) is 0 Å². The van der Waals surface area contributed by atoms with Gasteiger partial charge >= 0.3 is 16.8 Å². The molecule has 0 saturated carbocycles. The van der Waals surface area contributed by atoms with Gasteiger partial charge in [-0.3, -0.25) is 4.90 Å². The zero-order valence-corrected chi connectivity index (χ0v) is 17.3. The Morgan fingerprint density at radius 3 is 0.846 bits per heavy atom. The van der Waals surface area contributed by atoms with Crippen LogP contribution in [0.4, 0.5) is 0 Å². The average molecular weight is 432 g/mol. The second-order valence-electron chi connectivity index (χ2n) is 5.70. The molecule has 0 fully saturated rings. The van der Waals surface area contributed by atoms with Gasteiger partial charge in [-0.25, -0.2) is 0 Å². The molecule has 0 bridgehead atoms. The maximum absolute atomic E-state index is 8.25. The molecule has 0 aliphatic heterocycles. The Morgan fingerprint density at radius 1 is 0.577 bits per heavy atom. The van der Waals surface area contributed by atoms with E-state index in [9.17, 15) is 0 Å². The summed E-state index contributed by atoms with van der Waals surface area (Å²) in [6.45, 7) is 6.90. The molecule has 161 valence electrons. The molecule has 26 heavy (non-hydrogen) atoms. The van der Waals surface area contributed by atoms with Gasteiger partial charge in [0.25, 0.3) is 0 Å². The maximum atomic E-state index is 8.25. The largest absolute Gasteiger partial charge is 2.00 e. The Hall–Kier alpha value is -1.29. The topological polar surface area (TPSA) is 178 Å². The molecule has 0 aliphatic carbocycles. The van der Waals surface area contributed by atoms with Crippen LogP contribution in [0.2, 0.25) is 0 Å². The van der Waals surface area contributed by atoms with Crippen LogP contribution in [-0.4, -0.2) is 111 Å². The summed E-state index contributed by atoms with van der Waals surface area (Å²) in [5.74, 6) is 0. The zero-order valence-electron chi connectivity index (χ0n) is 16.3. The van der Waals surface area contributed by atoms with Crippen LogP contribution >= 0.6 is 0 Å². The second-order valence-corrected chi connectivity index (χ2v) is 5.70. The van der Waals surface area contributed by atoms with Gasteiger partial charge in [0.1, 0.15) is 0 Å². The summed E-state index contributed by atoms with van der Waals surface area (Å²) in [6, 6.07) is 0. The molecule has 0 unspecified atom stereocenters.